The van der Waals surface area contributed by atoms with Crippen molar-refractivity contribution < 1.29 is 14.0 Å². The first kappa shape index (κ1) is 22.3. The molecule has 1 aromatic carbocycles. The number of pyridine rings is 1. The van der Waals surface area contributed by atoms with Gasteiger partial charge in [-0.15, -0.1) is 0 Å². The minimum absolute atomic E-state index is 0.0609. The van der Waals surface area contributed by atoms with Gasteiger partial charge in [0.25, 0.3) is 5.91 Å². The third kappa shape index (κ3) is 4.80. The zero-order chi connectivity index (χ0) is 22.8. The van der Waals surface area contributed by atoms with Crippen molar-refractivity contribution in [2.75, 3.05) is 10.6 Å². The molecule has 4 rings (SSSR count). The van der Waals surface area contributed by atoms with Gasteiger partial charge < -0.3 is 15.1 Å². The van der Waals surface area contributed by atoms with Crippen molar-refractivity contribution in [2.24, 2.45) is 17.8 Å². The Kier molecular flexibility index (Phi) is 6.51. The first-order valence-electron chi connectivity index (χ1n) is 11.1. The lowest BCUT2D eigenvalue weighted by Gasteiger charge is -2.30. The van der Waals surface area contributed by atoms with Crippen molar-refractivity contribution in [2.45, 2.75) is 46.5 Å². The van der Waals surface area contributed by atoms with Gasteiger partial charge in [0.1, 0.15) is 17.1 Å². The van der Waals surface area contributed by atoms with Gasteiger partial charge in [0.2, 0.25) is 11.7 Å². The molecule has 0 radical (unpaired) electrons. The fourth-order valence-electron chi connectivity index (χ4n) is 4.38. The van der Waals surface area contributed by atoms with E-state index in [1.165, 1.54) is 6.20 Å². The molecule has 1 aliphatic rings. The minimum Gasteiger partial charge on any atom is -0.449 e. The Morgan fingerprint density at radius 2 is 1.84 bits per heavy atom. The summed E-state index contributed by atoms with van der Waals surface area (Å²) >= 11 is 5.87. The number of benzene rings is 1. The largest absolute Gasteiger partial charge is 0.449 e. The molecule has 0 saturated heterocycles. The molecule has 2 heterocycles. The Hall–Kier alpha value is -2.86. The third-order valence-electron chi connectivity index (χ3n) is 6.35. The number of halogens is 1. The molecule has 32 heavy (non-hydrogen) atoms. The van der Waals surface area contributed by atoms with Crippen molar-refractivity contribution in [3.63, 3.8) is 0 Å². The molecule has 2 amide bonds. The van der Waals surface area contributed by atoms with Crippen molar-refractivity contribution >= 4 is 45.9 Å². The average molecular weight is 454 g/mol. The number of aromatic nitrogens is 1. The molecule has 0 atom stereocenters. The van der Waals surface area contributed by atoms with Crippen LogP contribution in [0.15, 0.2) is 40.9 Å². The summed E-state index contributed by atoms with van der Waals surface area (Å²) in [6.07, 6.45) is 5.28. The number of fused-ring (bicyclic) bond motifs is 1. The smallest absolute Gasteiger partial charge is 0.294 e. The number of nitrogens with one attached hydrogen (secondary N) is 2. The molecular formula is C25H28ClN3O3. The van der Waals surface area contributed by atoms with Crippen LogP contribution in [0.3, 0.4) is 0 Å². The Morgan fingerprint density at radius 1 is 1.09 bits per heavy atom. The van der Waals surface area contributed by atoms with E-state index in [1.807, 2.05) is 25.1 Å². The van der Waals surface area contributed by atoms with Gasteiger partial charge in [-0.3, -0.25) is 9.59 Å². The van der Waals surface area contributed by atoms with E-state index in [0.29, 0.717) is 39.3 Å². The van der Waals surface area contributed by atoms with Crippen LogP contribution in [-0.4, -0.2) is 16.8 Å². The molecule has 7 heteroatoms. The number of anilines is 2. The molecule has 2 N–H and O–H groups in total. The molecule has 0 unspecified atom stereocenters. The lowest BCUT2D eigenvalue weighted by molar-refractivity contribution is -0.121. The van der Waals surface area contributed by atoms with E-state index in [0.717, 1.165) is 31.2 Å². The van der Waals surface area contributed by atoms with Gasteiger partial charge in [0, 0.05) is 17.5 Å². The van der Waals surface area contributed by atoms with Crippen LogP contribution in [0.25, 0.3) is 11.0 Å². The average Bonchev–Trinajstić information content (AvgIpc) is 3.12. The Labute approximate surface area is 192 Å². The SMILES string of the molecule is Cc1ccc2c(NC(=O)C3CCC(C(C)C)CC3)c(C(=O)Nc3ccc(Cl)cn3)oc2c1. The topological polar surface area (TPSA) is 84.2 Å². The first-order chi connectivity index (χ1) is 15.3. The van der Waals surface area contributed by atoms with Crippen LogP contribution in [0.1, 0.15) is 55.6 Å². The molecule has 3 aromatic rings. The maximum Gasteiger partial charge on any atom is 0.294 e. The Balaban J connectivity index is 1.59. The van der Waals surface area contributed by atoms with Gasteiger partial charge in [-0.2, -0.15) is 0 Å². The van der Waals surface area contributed by atoms with Crippen molar-refractivity contribution in [1.82, 2.24) is 4.98 Å². The fourth-order valence-corrected chi connectivity index (χ4v) is 4.50. The molecule has 1 aliphatic carbocycles. The van der Waals surface area contributed by atoms with Gasteiger partial charge in [0.15, 0.2) is 0 Å². The highest BCUT2D eigenvalue weighted by Gasteiger charge is 2.30. The normalized spacial score (nSPS) is 18.7. The van der Waals surface area contributed by atoms with Gasteiger partial charge in [-0.25, -0.2) is 4.98 Å². The van der Waals surface area contributed by atoms with Gasteiger partial charge in [-0.05, 0) is 74.3 Å². The van der Waals surface area contributed by atoms with Gasteiger partial charge in [-0.1, -0.05) is 31.5 Å². The summed E-state index contributed by atoms with van der Waals surface area (Å²) in [5.41, 5.74) is 1.96. The monoisotopic (exact) mass is 453 g/mol. The van der Waals surface area contributed by atoms with E-state index < -0.39 is 5.91 Å². The highest BCUT2D eigenvalue weighted by molar-refractivity contribution is 6.30. The van der Waals surface area contributed by atoms with Crippen molar-refractivity contribution in [3.8, 4) is 0 Å². The third-order valence-corrected chi connectivity index (χ3v) is 6.58. The second-order valence-corrected chi connectivity index (χ2v) is 9.40. The maximum absolute atomic E-state index is 13.1. The minimum atomic E-state index is -0.479. The lowest BCUT2D eigenvalue weighted by Crippen LogP contribution is -2.29. The van der Waals surface area contributed by atoms with Crippen LogP contribution >= 0.6 is 11.6 Å². The van der Waals surface area contributed by atoms with E-state index in [1.54, 1.807) is 12.1 Å². The van der Waals surface area contributed by atoms with E-state index in [2.05, 4.69) is 29.5 Å². The van der Waals surface area contributed by atoms with Crippen LogP contribution < -0.4 is 10.6 Å². The highest BCUT2D eigenvalue weighted by atomic mass is 35.5. The number of hydrogen-bond donors (Lipinski definition) is 2. The summed E-state index contributed by atoms with van der Waals surface area (Å²) in [6, 6.07) is 8.91. The number of nitrogens with zero attached hydrogens (tertiary/aromatic N) is 1. The van der Waals surface area contributed by atoms with Crippen molar-refractivity contribution in [1.29, 1.82) is 0 Å². The molecule has 6 nitrogen and oxygen atoms in total. The van der Waals surface area contributed by atoms with Crippen LogP contribution in [0, 0.1) is 24.7 Å². The molecule has 168 valence electrons. The second kappa shape index (κ2) is 9.33. The van der Waals surface area contributed by atoms with Crippen LogP contribution in [0.4, 0.5) is 11.5 Å². The standard InChI is InChI=1S/C25H28ClN3O3/c1-14(2)16-5-7-17(8-6-16)24(30)29-22-19-10-4-15(3)12-20(19)32-23(22)25(31)28-21-11-9-18(26)13-27-21/h4,9-14,16-17H,5-8H2,1-3H3,(H,29,30)(H,27,28,31). The zero-order valence-electron chi connectivity index (χ0n) is 18.6. The molecule has 0 spiro atoms. The quantitative estimate of drug-likeness (QED) is 0.465. The highest BCUT2D eigenvalue weighted by Crippen LogP contribution is 2.36. The number of aryl methyl sites for hydroxylation is 1. The van der Waals surface area contributed by atoms with Crippen LogP contribution in [0.2, 0.25) is 5.02 Å². The molecule has 1 saturated carbocycles. The number of furan rings is 1. The molecule has 2 aromatic heterocycles. The summed E-state index contributed by atoms with van der Waals surface area (Å²) in [5, 5.41) is 6.90. The van der Waals surface area contributed by atoms with E-state index in [-0.39, 0.29) is 17.6 Å². The summed E-state index contributed by atoms with van der Waals surface area (Å²) in [4.78, 5) is 30.2. The fraction of sp³-hybridized carbons (Fsp3) is 0.400. The molecule has 0 bridgehead atoms. The van der Waals surface area contributed by atoms with Crippen LogP contribution in [-0.2, 0) is 4.79 Å². The summed E-state index contributed by atoms with van der Waals surface area (Å²) in [7, 11) is 0. The van der Waals surface area contributed by atoms with E-state index >= 15 is 0 Å². The summed E-state index contributed by atoms with van der Waals surface area (Å²) in [6.45, 7) is 6.43. The first-order valence-corrected chi connectivity index (χ1v) is 11.5. The second-order valence-electron chi connectivity index (χ2n) is 8.97. The van der Waals surface area contributed by atoms with Crippen LogP contribution in [0.5, 0.6) is 0 Å². The molecule has 0 aliphatic heterocycles. The Morgan fingerprint density at radius 3 is 2.50 bits per heavy atom. The summed E-state index contributed by atoms with van der Waals surface area (Å²) in [5.74, 6) is 1.12. The number of amides is 2. The van der Waals surface area contributed by atoms with E-state index in [9.17, 15) is 9.59 Å². The number of carbonyl (C=O) groups is 2. The lowest BCUT2D eigenvalue weighted by atomic mass is 9.76. The Bertz CT molecular complexity index is 1130. The molecule has 1 fully saturated rings. The van der Waals surface area contributed by atoms with E-state index in [4.69, 9.17) is 16.0 Å². The maximum atomic E-state index is 13.1. The zero-order valence-corrected chi connectivity index (χ0v) is 19.3. The number of rotatable bonds is 5. The number of carbonyl (C=O) groups excluding carboxylic acids is 2. The molecular weight excluding hydrogens is 426 g/mol. The van der Waals surface area contributed by atoms with Gasteiger partial charge in [0.05, 0.1) is 5.02 Å². The summed E-state index contributed by atoms with van der Waals surface area (Å²) < 4.78 is 5.89. The van der Waals surface area contributed by atoms with Gasteiger partial charge >= 0.3 is 0 Å². The van der Waals surface area contributed by atoms with Crippen molar-refractivity contribution in [3.05, 3.63) is 52.9 Å². The predicted octanol–water partition coefficient (Wildman–Crippen LogP) is 6.44. The predicted molar refractivity (Wildman–Crippen MR) is 127 cm³/mol. The number of hydrogen-bond acceptors (Lipinski definition) is 4.